The molecule has 4 heterocycles. The Morgan fingerprint density at radius 3 is 2.64 bits per heavy atom. The summed E-state index contributed by atoms with van der Waals surface area (Å²) in [5.74, 6) is 0.0136. The van der Waals surface area contributed by atoms with Gasteiger partial charge in [-0.3, -0.25) is 9.78 Å². The Morgan fingerprint density at radius 1 is 1.19 bits per heavy atom. The van der Waals surface area contributed by atoms with Gasteiger partial charge in [-0.05, 0) is 55.2 Å². The zero-order valence-electron chi connectivity index (χ0n) is 19.9. The van der Waals surface area contributed by atoms with E-state index in [2.05, 4.69) is 9.55 Å². The first kappa shape index (κ1) is 24.6. The zero-order chi connectivity index (χ0) is 25.7. The quantitative estimate of drug-likeness (QED) is 0.520. The van der Waals surface area contributed by atoms with Gasteiger partial charge in [0.1, 0.15) is 9.84 Å². The molecule has 0 saturated carbocycles. The number of aromatic nitrogens is 2. The molecule has 1 fully saturated rings. The van der Waals surface area contributed by atoms with E-state index in [1.54, 1.807) is 23.4 Å². The Morgan fingerprint density at radius 2 is 1.94 bits per heavy atom. The lowest BCUT2D eigenvalue weighted by molar-refractivity contribution is -0.124. The number of rotatable bonds is 6. The Labute approximate surface area is 214 Å². The van der Waals surface area contributed by atoms with E-state index in [4.69, 9.17) is 11.6 Å². The maximum Gasteiger partial charge on any atom is 0.407 e. The fourth-order valence-electron chi connectivity index (χ4n) is 5.55. The number of aryl methyl sites for hydroxylation is 1. The maximum absolute atomic E-state index is 14.0. The molecule has 1 spiro atoms. The first-order chi connectivity index (χ1) is 17.1. The van der Waals surface area contributed by atoms with E-state index in [1.165, 1.54) is 11.2 Å². The van der Waals surface area contributed by atoms with Gasteiger partial charge in [-0.2, -0.15) is 0 Å². The van der Waals surface area contributed by atoms with Gasteiger partial charge >= 0.3 is 6.09 Å². The number of hydrogen-bond donors (Lipinski definition) is 1. The third kappa shape index (κ3) is 4.32. The van der Waals surface area contributed by atoms with Gasteiger partial charge < -0.3 is 19.5 Å². The average Bonchev–Trinajstić information content (AvgIpc) is 3.27. The number of piperidine rings is 1. The zero-order valence-corrected chi connectivity index (χ0v) is 21.4. The van der Waals surface area contributed by atoms with E-state index in [-0.39, 0.29) is 18.2 Å². The minimum atomic E-state index is -3.10. The van der Waals surface area contributed by atoms with Crippen molar-refractivity contribution in [2.24, 2.45) is 0 Å². The number of hydrogen-bond acceptors (Lipinski definition) is 5. The molecule has 1 saturated heterocycles. The van der Waals surface area contributed by atoms with E-state index in [0.717, 1.165) is 27.8 Å². The molecule has 1 aromatic carbocycles. The molecule has 190 valence electrons. The highest BCUT2D eigenvalue weighted by Gasteiger charge is 2.52. The maximum atomic E-state index is 14.0. The van der Waals surface area contributed by atoms with Crippen LogP contribution in [0, 0.1) is 0 Å². The molecule has 2 aliphatic rings. The van der Waals surface area contributed by atoms with Crippen LogP contribution in [0.1, 0.15) is 30.5 Å². The van der Waals surface area contributed by atoms with E-state index in [9.17, 15) is 23.1 Å². The van der Waals surface area contributed by atoms with E-state index in [1.807, 2.05) is 24.3 Å². The molecule has 2 aliphatic heterocycles. The number of pyridine rings is 1. The molecule has 2 amide bonds. The summed E-state index contributed by atoms with van der Waals surface area (Å²) in [6, 6.07) is 9.42. The lowest BCUT2D eigenvalue weighted by atomic mass is 9.74. The lowest BCUT2D eigenvalue weighted by Gasteiger charge is -2.37. The number of benzene rings is 1. The van der Waals surface area contributed by atoms with E-state index < -0.39 is 21.3 Å². The van der Waals surface area contributed by atoms with Crippen LogP contribution >= 0.6 is 11.6 Å². The van der Waals surface area contributed by atoms with Crippen molar-refractivity contribution in [2.75, 3.05) is 30.0 Å². The molecule has 0 radical (unpaired) electrons. The van der Waals surface area contributed by atoms with Crippen molar-refractivity contribution in [3.63, 3.8) is 0 Å². The monoisotopic (exact) mass is 530 g/mol. The van der Waals surface area contributed by atoms with Crippen LogP contribution in [0.5, 0.6) is 0 Å². The van der Waals surface area contributed by atoms with Crippen LogP contribution in [0.15, 0.2) is 42.7 Å². The molecule has 5 rings (SSSR count). The number of likely N-dealkylation sites (tertiary alicyclic amines) is 1. The molecule has 9 nitrogen and oxygen atoms in total. The number of nitrogens with zero attached hydrogens (tertiary/aromatic N) is 4. The van der Waals surface area contributed by atoms with E-state index >= 15 is 0 Å². The molecular weight excluding hydrogens is 504 g/mol. The number of sulfone groups is 1. The van der Waals surface area contributed by atoms with Gasteiger partial charge in [0.2, 0.25) is 5.91 Å². The van der Waals surface area contributed by atoms with Crippen molar-refractivity contribution >= 4 is 50.0 Å². The molecule has 0 unspecified atom stereocenters. The van der Waals surface area contributed by atoms with Gasteiger partial charge in [-0.15, -0.1) is 0 Å². The fourth-order valence-corrected chi connectivity index (χ4v) is 6.38. The highest BCUT2D eigenvalue weighted by atomic mass is 35.5. The third-order valence-corrected chi connectivity index (χ3v) is 8.58. The van der Waals surface area contributed by atoms with Gasteiger partial charge in [-0.1, -0.05) is 11.6 Å². The molecule has 36 heavy (non-hydrogen) atoms. The normalized spacial score (nSPS) is 17.2. The van der Waals surface area contributed by atoms with Crippen molar-refractivity contribution in [1.82, 2.24) is 14.5 Å². The smallest absolute Gasteiger partial charge is 0.407 e. The molecule has 0 aliphatic carbocycles. The minimum absolute atomic E-state index is 0.0542. The molecule has 0 bridgehead atoms. The first-order valence-corrected chi connectivity index (χ1v) is 14.2. The van der Waals surface area contributed by atoms with Crippen LogP contribution in [0.25, 0.3) is 10.9 Å². The topological polar surface area (TPSA) is 113 Å². The molecule has 1 N–H and O–H groups in total. The van der Waals surface area contributed by atoms with Crippen LogP contribution in [0.3, 0.4) is 0 Å². The van der Waals surface area contributed by atoms with Crippen LogP contribution in [-0.2, 0) is 33.1 Å². The summed E-state index contributed by atoms with van der Waals surface area (Å²) in [6.45, 7) is 1.35. The number of carbonyl (C=O) groups is 2. The predicted molar refractivity (Wildman–Crippen MR) is 137 cm³/mol. The number of anilines is 1. The number of carbonyl (C=O) groups excluding carboxylic acids is 1. The molecule has 2 aromatic heterocycles. The Bertz CT molecular complexity index is 1460. The van der Waals surface area contributed by atoms with Crippen LogP contribution in [-0.4, -0.2) is 65.1 Å². The Hall–Kier alpha value is -3.11. The second-order valence-corrected chi connectivity index (χ2v) is 12.3. The van der Waals surface area contributed by atoms with Gasteiger partial charge in [-0.25, -0.2) is 13.2 Å². The molecule has 3 aromatic rings. The van der Waals surface area contributed by atoms with E-state index in [0.29, 0.717) is 43.9 Å². The number of fused-ring (bicyclic) bond motifs is 3. The summed E-state index contributed by atoms with van der Waals surface area (Å²) in [4.78, 5) is 32.8. The molecular formula is C25H27ClN4O5S. The summed E-state index contributed by atoms with van der Waals surface area (Å²) >= 11 is 6.23. The van der Waals surface area contributed by atoms with Crippen LogP contribution < -0.4 is 4.90 Å². The van der Waals surface area contributed by atoms with Gasteiger partial charge in [0.15, 0.2) is 0 Å². The van der Waals surface area contributed by atoms with Gasteiger partial charge in [0, 0.05) is 53.7 Å². The molecule has 0 atom stereocenters. The fraction of sp³-hybridized carbons (Fsp3) is 0.400. The largest absolute Gasteiger partial charge is 0.465 e. The second kappa shape index (κ2) is 9.08. The predicted octanol–water partition coefficient (Wildman–Crippen LogP) is 3.68. The van der Waals surface area contributed by atoms with Crippen LogP contribution in [0.4, 0.5) is 10.5 Å². The average molecular weight is 531 g/mol. The Kier molecular flexibility index (Phi) is 6.20. The van der Waals surface area contributed by atoms with Crippen molar-refractivity contribution in [3.05, 3.63) is 59.0 Å². The summed E-state index contributed by atoms with van der Waals surface area (Å²) in [6.07, 6.45) is 4.89. The minimum Gasteiger partial charge on any atom is -0.465 e. The Balaban J connectivity index is 1.50. The standard InChI is InChI=1S/C25H27ClN4O5S/c1-36(34,35)12-2-9-29-19(14-17-13-18(26)3-4-21(17)29)16-30-22-15-27-8-5-20(22)25(23(30)31)6-10-28(11-7-25)24(32)33/h3-5,8,13-15H,2,6-7,9-12,16H2,1H3,(H,32,33). The van der Waals surface area contributed by atoms with Crippen molar-refractivity contribution in [3.8, 4) is 0 Å². The summed E-state index contributed by atoms with van der Waals surface area (Å²) in [5.41, 5.74) is 2.63. The second-order valence-electron chi connectivity index (χ2n) is 9.61. The number of halogens is 1. The SMILES string of the molecule is CS(=O)(=O)CCCn1c(CN2C(=O)C3(CCN(C(=O)O)CC3)c3ccncc32)cc2cc(Cl)ccc21. The van der Waals surface area contributed by atoms with Crippen molar-refractivity contribution in [2.45, 2.75) is 37.8 Å². The number of amides is 2. The number of carboxylic acid groups (broad SMARTS) is 1. The van der Waals surface area contributed by atoms with Gasteiger partial charge in [0.25, 0.3) is 0 Å². The van der Waals surface area contributed by atoms with Crippen LogP contribution in [0.2, 0.25) is 5.02 Å². The first-order valence-electron chi connectivity index (χ1n) is 11.8. The van der Waals surface area contributed by atoms with Crippen molar-refractivity contribution in [1.29, 1.82) is 0 Å². The lowest BCUT2D eigenvalue weighted by Crippen LogP contribution is -2.49. The summed E-state index contributed by atoms with van der Waals surface area (Å²) in [5, 5.41) is 10.9. The molecule has 11 heteroatoms. The highest BCUT2D eigenvalue weighted by molar-refractivity contribution is 7.90. The summed E-state index contributed by atoms with van der Waals surface area (Å²) in [7, 11) is -3.10. The summed E-state index contributed by atoms with van der Waals surface area (Å²) < 4.78 is 25.5. The third-order valence-electron chi connectivity index (χ3n) is 7.31. The van der Waals surface area contributed by atoms with Gasteiger partial charge in [0.05, 0.1) is 29.6 Å². The van der Waals surface area contributed by atoms with Crippen molar-refractivity contribution < 1.29 is 23.1 Å². The highest BCUT2D eigenvalue weighted by Crippen LogP contribution is 2.48.